The standard InChI is InChI=1S/C33H38F3NO2/c1-4-39-32(38)30(18-23(2)3)29-20-27(25-14-9-6-10-15-25)19-28(31(29)33(34,35)36)26-16-11-17-37(22-26)21-24-12-7-5-8-13-24/h5-10,12-15,19-20,23,26,30H,4,11,16-18,21-22H2,1-3H3. The number of carbonyl (C=O) groups is 1. The smallest absolute Gasteiger partial charge is 0.416 e. The van der Waals surface area contributed by atoms with Crippen molar-refractivity contribution in [1.82, 2.24) is 4.90 Å². The fourth-order valence-electron chi connectivity index (χ4n) is 5.77. The molecule has 1 aliphatic heterocycles. The summed E-state index contributed by atoms with van der Waals surface area (Å²) in [6.45, 7) is 7.72. The van der Waals surface area contributed by atoms with E-state index < -0.39 is 23.6 Å². The first-order valence-corrected chi connectivity index (χ1v) is 13.9. The molecule has 0 aliphatic carbocycles. The van der Waals surface area contributed by atoms with E-state index in [4.69, 9.17) is 4.74 Å². The van der Waals surface area contributed by atoms with Crippen LogP contribution < -0.4 is 0 Å². The van der Waals surface area contributed by atoms with Crippen LogP contribution in [0.5, 0.6) is 0 Å². The molecule has 3 aromatic rings. The van der Waals surface area contributed by atoms with Crippen molar-refractivity contribution < 1.29 is 22.7 Å². The third-order valence-corrected chi connectivity index (χ3v) is 7.44. The normalized spacial score (nSPS) is 17.3. The van der Waals surface area contributed by atoms with Crippen molar-refractivity contribution in [3.05, 3.63) is 95.1 Å². The molecule has 3 nitrogen and oxygen atoms in total. The Morgan fingerprint density at radius 2 is 1.67 bits per heavy atom. The highest BCUT2D eigenvalue weighted by Crippen LogP contribution is 2.46. The van der Waals surface area contributed by atoms with Gasteiger partial charge in [0.1, 0.15) is 0 Å². The van der Waals surface area contributed by atoms with Crippen LogP contribution in [0.3, 0.4) is 0 Å². The largest absolute Gasteiger partial charge is 0.466 e. The van der Waals surface area contributed by atoms with E-state index in [0.29, 0.717) is 25.1 Å². The average molecular weight is 538 g/mol. The highest BCUT2D eigenvalue weighted by atomic mass is 19.4. The minimum absolute atomic E-state index is 0.0142. The minimum Gasteiger partial charge on any atom is -0.466 e. The van der Waals surface area contributed by atoms with Crippen molar-refractivity contribution in [2.45, 2.75) is 64.6 Å². The highest BCUT2D eigenvalue weighted by molar-refractivity contribution is 5.80. The molecule has 1 fully saturated rings. The first kappa shape index (κ1) is 28.9. The van der Waals surface area contributed by atoms with E-state index in [9.17, 15) is 4.79 Å². The third-order valence-electron chi connectivity index (χ3n) is 7.44. The molecule has 0 spiro atoms. The number of hydrogen-bond acceptors (Lipinski definition) is 3. The predicted molar refractivity (Wildman–Crippen MR) is 149 cm³/mol. The summed E-state index contributed by atoms with van der Waals surface area (Å²) < 4.78 is 50.4. The fourth-order valence-corrected chi connectivity index (χ4v) is 5.77. The maximum Gasteiger partial charge on any atom is 0.416 e. The fraction of sp³-hybridized carbons (Fsp3) is 0.424. The Morgan fingerprint density at radius 3 is 2.28 bits per heavy atom. The lowest BCUT2D eigenvalue weighted by Crippen LogP contribution is -2.35. The number of halogens is 3. The third kappa shape index (κ3) is 7.30. The second-order valence-corrected chi connectivity index (χ2v) is 10.9. The Labute approximate surface area is 230 Å². The monoisotopic (exact) mass is 537 g/mol. The van der Waals surface area contributed by atoms with Gasteiger partial charge < -0.3 is 4.74 Å². The Kier molecular flexibility index (Phi) is 9.49. The Hall–Kier alpha value is -3.12. The molecule has 0 radical (unpaired) electrons. The molecule has 0 saturated carbocycles. The van der Waals surface area contributed by atoms with E-state index in [-0.39, 0.29) is 36.0 Å². The summed E-state index contributed by atoms with van der Waals surface area (Å²) in [5.41, 5.74) is 2.34. The molecule has 39 heavy (non-hydrogen) atoms. The summed E-state index contributed by atoms with van der Waals surface area (Å²) in [6, 6.07) is 22.8. The lowest BCUT2D eigenvalue weighted by atomic mass is 9.78. The van der Waals surface area contributed by atoms with Gasteiger partial charge >= 0.3 is 12.1 Å². The zero-order valence-corrected chi connectivity index (χ0v) is 23.0. The number of esters is 1. The summed E-state index contributed by atoms with van der Waals surface area (Å²) in [4.78, 5) is 15.4. The van der Waals surface area contributed by atoms with Crippen molar-refractivity contribution in [2.24, 2.45) is 5.92 Å². The van der Waals surface area contributed by atoms with E-state index in [0.717, 1.165) is 24.1 Å². The Morgan fingerprint density at radius 1 is 1.00 bits per heavy atom. The van der Waals surface area contributed by atoms with Gasteiger partial charge in [-0.05, 0) is 78.5 Å². The number of piperidine rings is 1. The van der Waals surface area contributed by atoms with Crippen LogP contribution in [-0.4, -0.2) is 30.6 Å². The van der Waals surface area contributed by atoms with Gasteiger partial charge in [-0.3, -0.25) is 9.69 Å². The molecule has 1 heterocycles. The first-order chi connectivity index (χ1) is 18.7. The summed E-state index contributed by atoms with van der Waals surface area (Å²) >= 11 is 0. The number of alkyl halides is 3. The molecule has 208 valence electrons. The van der Waals surface area contributed by atoms with Crippen LogP contribution >= 0.6 is 0 Å². The van der Waals surface area contributed by atoms with Gasteiger partial charge in [0.25, 0.3) is 0 Å². The van der Waals surface area contributed by atoms with E-state index in [2.05, 4.69) is 17.0 Å². The molecular weight excluding hydrogens is 499 g/mol. The molecule has 0 N–H and O–H groups in total. The van der Waals surface area contributed by atoms with Crippen LogP contribution in [0.4, 0.5) is 13.2 Å². The van der Waals surface area contributed by atoms with Crippen molar-refractivity contribution in [2.75, 3.05) is 19.7 Å². The molecule has 1 aliphatic rings. The molecule has 3 aromatic carbocycles. The van der Waals surface area contributed by atoms with Crippen LogP contribution in [0.2, 0.25) is 0 Å². The molecule has 4 rings (SSSR count). The van der Waals surface area contributed by atoms with Gasteiger partial charge in [-0.1, -0.05) is 80.6 Å². The molecule has 0 amide bonds. The van der Waals surface area contributed by atoms with Gasteiger partial charge in [0.05, 0.1) is 18.1 Å². The molecular formula is C33H38F3NO2. The maximum absolute atomic E-state index is 15.0. The van der Waals surface area contributed by atoms with Gasteiger partial charge in [-0.15, -0.1) is 0 Å². The van der Waals surface area contributed by atoms with Crippen molar-refractivity contribution in [3.8, 4) is 11.1 Å². The second kappa shape index (κ2) is 12.8. The first-order valence-electron chi connectivity index (χ1n) is 13.9. The maximum atomic E-state index is 15.0. The molecule has 2 unspecified atom stereocenters. The zero-order valence-electron chi connectivity index (χ0n) is 23.0. The number of rotatable bonds is 9. The number of nitrogens with zero attached hydrogens (tertiary/aromatic N) is 1. The summed E-state index contributed by atoms with van der Waals surface area (Å²) in [7, 11) is 0. The van der Waals surface area contributed by atoms with Gasteiger partial charge in [-0.25, -0.2) is 0 Å². The van der Waals surface area contributed by atoms with E-state index in [1.807, 2.05) is 62.4 Å². The minimum atomic E-state index is -4.61. The van der Waals surface area contributed by atoms with E-state index in [1.54, 1.807) is 19.1 Å². The van der Waals surface area contributed by atoms with Crippen molar-refractivity contribution in [1.29, 1.82) is 0 Å². The Bertz CT molecular complexity index is 1220. The molecule has 0 aromatic heterocycles. The number of benzene rings is 3. The molecule has 6 heteroatoms. The summed E-state index contributed by atoms with van der Waals surface area (Å²) in [6.07, 6.45) is -2.85. The quantitative estimate of drug-likeness (QED) is 0.257. The number of hydrogen-bond donors (Lipinski definition) is 0. The summed E-state index contributed by atoms with van der Waals surface area (Å²) in [5, 5.41) is 0. The van der Waals surface area contributed by atoms with Crippen molar-refractivity contribution in [3.63, 3.8) is 0 Å². The van der Waals surface area contributed by atoms with Crippen LogP contribution in [0.25, 0.3) is 11.1 Å². The van der Waals surface area contributed by atoms with Crippen LogP contribution in [0, 0.1) is 5.92 Å². The van der Waals surface area contributed by atoms with Crippen molar-refractivity contribution >= 4 is 5.97 Å². The summed E-state index contributed by atoms with van der Waals surface area (Å²) in [5.74, 6) is -1.88. The van der Waals surface area contributed by atoms with Crippen LogP contribution in [0.1, 0.15) is 74.1 Å². The molecule has 2 atom stereocenters. The van der Waals surface area contributed by atoms with Gasteiger partial charge in [-0.2, -0.15) is 13.2 Å². The lowest BCUT2D eigenvalue weighted by molar-refractivity contribution is -0.146. The van der Waals surface area contributed by atoms with Gasteiger partial charge in [0.2, 0.25) is 0 Å². The van der Waals surface area contributed by atoms with Gasteiger partial charge in [0, 0.05) is 13.1 Å². The molecule has 1 saturated heterocycles. The number of ether oxygens (including phenoxy) is 1. The lowest BCUT2D eigenvalue weighted by Gasteiger charge is -2.35. The zero-order chi connectivity index (χ0) is 28.0. The average Bonchev–Trinajstić information content (AvgIpc) is 2.92. The number of likely N-dealkylation sites (tertiary alicyclic amines) is 1. The van der Waals surface area contributed by atoms with E-state index in [1.165, 1.54) is 0 Å². The Balaban J connectivity index is 1.86. The number of carbonyl (C=O) groups excluding carboxylic acids is 1. The van der Waals surface area contributed by atoms with Crippen LogP contribution in [0.15, 0.2) is 72.8 Å². The van der Waals surface area contributed by atoms with Gasteiger partial charge in [0.15, 0.2) is 0 Å². The highest BCUT2D eigenvalue weighted by Gasteiger charge is 2.42. The topological polar surface area (TPSA) is 29.5 Å². The molecule has 0 bridgehead atoms. The second-order valence-electron chi connectivity index (χ2n) is 10.9. The SMILES string of the molecule is CCOC(=O)C(CC(C)C)c1cc(-c2ccccc2)cc(C2CCCN(Cc3ccccc3)C2)c1C(F)(F)F. The van der Waals surface area contributed by atoms with E-state index >= 15 is 13.2 Å². The predicted octanol–water partition coefficient (Wildman–Crippen LogP) is 8.44. The van der Waals surface area contributed by atoms with Crippen LogP contribution in [-0.2, 0) is 22.3 Å².